The number of anilines is 2. The third kappa shape index (κ3) is 5.62. The van der Waals surface area contributed by atoms with Crippen LogP contribution >= 0.6 is 0 Å². The first-order chi connectivity index (χ1) is 16.1. The van der Waals surface area contributed by atoms with Crippen molar-refractivity contribution in [3.8, 4) is 11.3 Å². The highest BCUT2D eigenvalue weighted by Crippen LogP contribution is 2.24. The average molecular weight is 472 g/mol. The maximum atomic E-state index is 14.0. The molecule has 10 heteroatoms. The van der Waals surface area contributed by atoms with Crippen LogP contribution in [0.5, 0.6) is 0 Å². The fraction of sp³-hybridized carbons (Fsp3) is 0.417. The Morgan fingerprint density at radius 1 is 1.21 bits per heavy atom. The number of carbonyl (C=O) groups is 1. The number of hydrogen-bond donors (Lipinski definition) is 2. The van der Waals surface area contributed by atoms with Crippen molar-refractivity contribution in [3.05, 3.63) is 63.0 Å². The molecule has 2 aromatic heterocycles. The number of nitrogens with one attached hydrogen (secondary N) is 1. The van der Waals surface area contributed by atoms with Crippen molar-refractivity contribution in [2.45, 2.75) is 47.1 Å². The molecule has 1 aromatic carbocycles. The van der Waals surface area contributed by atoms with Crippen LogP contribution in [0.3, 0.4) is 0 Å². The minimum Gasteiger partial charge on any atom is -0.441 e. The molecule has 34 heavy (non-hydrogen) atoms. The lowest BCUT2D eigenvalue weighted by Crippen LogP contribution is -2.43. The fourth-order valence-electron chi connectivity index (χ4n) is 3.63. The van der Waals surface area contributed by atoms with Gasteiger partial charge in [-0.3, -0.25) is 19.1 Å². The van der Waals surface area contributed by atoms with Crippen LogP contribution in [0, 0.1) is 17.7 Å². The summed E-state index contributed by atoms with van der Waals surface area (Å²) in [5.74, 6) is -0.190. The first-order valence-electron chi connectivity index (χ1n) is 11.2. The Morgan fingerprint density at radius 3 is 2.56 bits per heavy atom. The predicted molar refractivity (Wildman–Crippen MR) is 128 cm³/mol. The van der Waals surface area contributed by atoms with Crippen LogP contribution in [0.1, 0.15) is 40.0 Å². The van der Waals surface area contributed by atoms with Crippen LogP contribution in [0.2, 0.25) is 0 Å². The van der Waals surface area contributed by atoms with E-state index in [0.29, 0.717) is 6.54 Å². The van der Waals surface area contributed by atoms with Gasteiger partial charge in [-0.15, -0.1) is 0 Å². The van der Waals surface area contributed by atoms with Gasteiger partial charge in [0.1, 0.15) is 11.6 Å². The molecule has 0 aliphatic heterocycles. The Balaban J connectivity index is 1.86. The number of nitrogen functional groups attached to an aromatic ring is 1. The lowest BCUT2D eigenvalue weighted by atomic mass is 10.1. The molecular weight excluding hydrogens is 441 g/mol. The fourth-order valence-corrected chi connectivity index (χ4v) is 3.63. The van der Waals surface area contributed by atoms with Crippen molar-refractivity contribution in [1.82, 2.24) is 14.5 Å². The minimum absolute atomic E-state index is 0.0217. The molecule has 3 N–H and O–H groups in total. The molecule has 0 radical (unpaired) electrons. The quantitative estimate of drug-likeness (QED) is 0.493. The smallest absolute Gasteiger partial charge is 0.330 e. The summed E-state index contributed by atoms with van der Waals surface area (Å²) in [4.78, 5) is 45.9. The summed E-state index contributed by atoms with van der Waals surface area (Å²) in [5, 5.41) is 0. The first-order valence-corrected chi connectivity index (χ1v) is 11.2. The molecule has 0 spiro atoms. The average Bonchev–Trinajstić information content (AvgIpc) is 3.23. The van der Waals surface area contributed by atoms with Crippen LogP contribution in [0.4, 0.5) is 15.9 Å². The Morgan fingerprint density at radius 2 is 1.91 bits per heavy atom. The number of aryl methyl sites for hydroxylation is 1. The number of amides is 1. The third-order valence-corrected chi connectivity index (χ3v) is 5.13. The van der Waals surface area contributed by atoms with E-state index in [-0.39, 0.29) is 65.8 Å². The SMILES string of the molecule is CC(C)CN(C(=O)CCc1ncc(-c2ccccc2F)o1)c1c(N)n(CC(C)C)c(=O)[nH]c1=O. The second-order valence-corrected chi connectivity index (χ2v) is 8.99. The molecule has 0 saturated heterocycles. The third-order valence-electron chi connectivity index (χ3n) is 5.13. The molecule has 182 valence electrons. The van der Waals surface area contributed by atoms with E-state index in [1.807, 2.05) is 27.7 Å². The summed E-state index contributed by atoms with van der Waals surface area (Å²) in [6.45, 7) is 8.18. The number of carbonyl (C=O) groups excluding carboxylic acids is 1. The zero-order valence-electron chi connectivity index (χ0n) is 19.8. The van der Waals surface area contributed by atoms with Crippen molar-refractivity contribution in [2.24, 2.45) is 11.8 Å². The topological polar surface area (TPSA) is 127 Å². The van der Waals surface area contributed by atoms with Gasteiger partial charge in [-0.05, 0) is 24.0 Å². The number of halogens is 1. The van der Waals surface area contributed by atoms with E-state index < -0.39 is 17.1 Å². The summed E-state index contributed by atoms with van der Waals surface area (Å²) in [7, 11) is 0. The zero-order chi connectivity index (χ0) is 25.0. The summed E-state index contributed by atoms with van der Waals surface area (Å²) in [6, 6.07) is 6.17. The lowest BCUT2D eigenvalue weighted by molar-refractivity contribution is -0.118. The second-order valence-electron chi connectivity index (χ2n) is 8.99. The van der Waals surface area contributed by atoms with Crippen LogP contribution in [0.25, 0.3) is 11.3 Å². The van der Waals surface area contributed by atoms with Gasteiger partial charge in [0.15, 0.2) is 17.3 Å². The number of nitrogens with zero attached hydrogens (tertiary/aromatic N) is 3. The normalized spacial score (nSPS) is 11.4. The molecule has 0 fully saturated rings. The Bertz CT molecular complexity index is 1270. The first kappa shape index (κ1) is 24.9. The van der Waals surface area contributed by atoms with Crippen LogP contribution in [0.15, 0.2) is 44.5 Å². The van der Waals surface area contributed by atoms with E-state index in [4.69, 9.17) is 10.2 Å². The van der Waals surface area contributed by atoms with E-state index >= 15 is 0 Å². The Hall–Kier alpha value is -3.69. The summed E-state index contributed by atoms with van der Waals surface area (Å²) >= 11 is 0. The highest BCUT2D eigenvalue weighted by molar-refractivity contribution is 5.95. The molecule has 2 heterocycles. The molecule has 9 nitrogen and oxygen atoms in total. The van der Waals surface area contributed by atoms with Gasteiger partial charge in [0, 0.05) is 25.9 Å². The largest absolute Gasteiger partial charge is 0.441 e. The Labute approximate surface area is 196 Å². The molecule has 0 bridgehead atoms. The second kappa shape index (κ2) is 10.5. The van der Waals surface area contributed by atoms with E-state index in [1.165, 1.54) is 21.7 Å². The van der Waals surface area contributed by atoms with E-state index in [9.17, 15) is 18.8 Å². The van der Waals surface area contributed by atoms with Gasteiger partial charge in [-0.2, -0.15) is 0 Å². The number of nitrogens with two attached hydrogens (primary N) is 1. The zero-order valence-corrected chi connectivity index (χ0v) is 19.8. The lowest BCUT2D eigenvalue weighted by Gasteiger charge is -2.26. The van der Waals surface area contributed by atoms with E-state index in [2.05, 4.69) is 9.97 Å². The molecular formula is C24H30FN5O4. The van der Waals surface area contributed by atoms with Gasteiger partial charge >= 0.3 is 5.69 Å². The molecule has 0 aliphatic rings. The molecule has 1 amide bonds. The number of rotatable bonds is 9. The van der Waals surface area contributed by atoms with Gasteiger partial charge in [0.05, 0.1) is 11.8 Å². The number of oxazole rings is 1. The van der Waals surface area contributed by atoms with Crippen LogP contribution < -0.4 is 21.9 Å². The highest BCUT2D eigenvalue weighted by atomic mass is 19.1. The van der Waals surface area contributed by atoms with Crippen molar-refractivity contribution in [3.63, 3.8) is 0 Å². The highest BCUT2D eigenvalue weighted by Gasteiger charge is 2.25. The molecule has 3 aromatic rings. The van der Waals surface area contributed by atoms with Crippen LogP contribution in [-0.4, -0.2) is 27.0 Å². The number of aromatic nitrogens is 3. The molecule has 0 unspecified atom stereocenters. The maximum Gasteiger partial charge on any atom is 0.330 e. The van der Waals surface area contributed by atoms with E-state index in [1.54, 1.807) is 18.2 Å². The van der Waals surface area contributed by atoms with Gasteiger partial charge in [-0.25, -0.2) is 14.2 Å². The number of hydrogen-bond acceptors (Lipinski definition) is 6. The van der Waals surface area contributed by atoms with E-state index in [0.717, 1.165) is 0 Å². The Kier molecular flexibility index (Phi) is 7.70. The molecule has 0 saturated carbocycles. The summed E-state index contributed by atoms with van der Waals surface area (Å²) in [6.07, 6.45) is 1.53. The standard InChI is InChI=1S/C24H30FN5O4/c1-14(2)12-29(21-22(26)30(13-15(3)4)24(33)28-23(21)32)20(31)10-9-19-27-11-18(34-19)16-7-5-6-8-17(16)25/h5-8,11,14-15H,9-10,12-13,26H2,1-4H3,(H,28,32,33). The molecule has 0 atom stereocenters. The molecule has 3 rings (SSSR count). The molecule has 0 aliphatic carbocycles. The predicted octanol–water partition coefficient (Wildman–Crippen LogP) is 3.19. The van der Waals surface area contributed by atoms with Gasteiger partial charge < -0.3 is 15.1 Å². The van der Waals surface area contributed by atoms with Crippen molar-refractivity contribution in [2.75, 3.05) is 17.2 Å². The number of aromatic amines is 1. The summed E-state index contributed by atoms with van der Waals surface area (Å²) in [5.41, 5.74) is 5.13. The number of H-pyrrole nitrogens is 1. The van der Waals surface area contributed by atoms with Crippen molar-refractivity contribution in [1.29, 1.82) is 0 Å². The maximum absolute atomic E-state index is 14.0. The minimum atomic E-state index is -0.713. The van der Waals surface area contributed by atoms with Gasteiger partial charge in [0.2, 0.25) is 5.91 Å². The van der Waals surface area contributed by atoms with Crippen molar-refractivity contribution >= 4 is 17.4 Å². The van der Waals surface area contributed by atoms with Crippen LogP contribution in [-0.2, 0) is 17.8 Å². The monoisotopic (exact) mass is 471 g/mol. The van der Waals surface area contributed by atoms with Gasteiger partial charge in [0.25, 0.3) is 5.56 Å². The summed E-state index contributed by atoms with van der Waals surface area (Å²) < 4.78 is 20.9. The number of benzene rings is 1. The van der Waals surface area contributed by atoms with Crippen molar-refractivity contribution < 1.29 is 13.6 Å². The van der Waals surface area contributed by atoms with Gasteiger partial charge in [-0.1, -0.05) is 39.8 Å².